The minimum Gasteiger partial charge on any atom is -0.396 e. The molecule has 0 aliphatic carbocycles. The highest BCUT2D eigenvalue weighted by Crippen LogP contribution is 2.24. The van der Waals surface area contributed by atoms with Gasteiger partial charge in [0.05, 0.1) is 18.8 Å². The maximum atomic E-state index is 12.3. The van der Waals surface area contributed by atoms with Gasteiger partial charge in [-0.2, -0.15) is 17.0 Å². The highest BCUT2D eigenvalue weighted by molar-refractivity contribution is 7.86. The Bertz CT molecular complexity index is 342. The molecule has 0 aromatic carbocycles. The number of morpholine rings is 1. The van der Waals surface area contributed by atoms with Gasteiger partial charge in [-0.3, -0.25) is 0 Å². The zero-order valence-electron chi connectivity index (χ0n) is 10.7. The van der Waals surface area contributed by atoms with Crippen LogP contribution in [0, 0.1) is 0 Å². The van der Waals surface area contributed by atoms with Gasteiger partial charge in [-0.25, -0.2) is 0 Å². The molecule has 17 heavy (non-hydrogen) atoms. The first-order chi connectivity index (χ1) is 7.82. The molecule has 1 saturated heterocycles. The molecule has 0 aromatic heterocycles. The molecule has 0 bridgehead atoms. The fourth-order valence-electron chi connectivity index (χ4n) is 1.85. The minimum atomic E-state index is -3.47. The highest BCUT2D eigenvalue weighted by Gasteiger charge is 2.40. The van der Waals surface area contributed by atoms with E-state index in [0.29, 0.717) is 32.7 Å². The van der Waals surface area contributed by atoms with E-state index in [9.17, 15) is 8.42 Å². The van der Waals surface area contributed by atoms with E-state index in [1.807, 2.05) is 13.8 Å². The Morgan fingerprint density at radius 2 is 2.12 bits per heavy atom. The van der Waals surface area contributed by atoms with Gasteiger partial charge in [0.15, 0.2) is 0 Å². The number of hydrogen-bond acceptors (Lipinski definition) is 4. The number of nitrogens with zero attached hydrogens (tertiary/aromatic N) is 2. The van der Waals surface area contributed by atoms with E-state index in [1.165, 1.54) is 15.7 Å². The van der Waals surface area contributed by atoms with Gasteiger partial charge in [-0.05, 0) is 20.3 Å². The first kappa shape index (κ1) is 14.8. The second-order valence-electron chi connectivity index (χ2n) is 4.84. The number of rotatable bonds is 5. The normalized spacial score (nSPS) is 21.9. The van der Waals surface area contributed by atoms with E-state index in [1.54, 1.807) is 0 Å². The minimum absolute atomic E-state index is 0.00758. The van der Waals surface area contributed by atoms with Crippen molar-refractivity contribution in [1.29, 1.82) is 0 Å². The van der Waals surface area contributed by atoms with Crippen LogP contribution in [0.25, 0.3) is 0 Å². The van der Waals surface area contributed by atoms with Crippen molar-refractivity contribution < 1.29 is 18.3 Å². The zero-order valence-corrected chi connectivity index (χ0v) is 11.5. The van der Waals surface area contributed by atoms with Crippen LogP contribution in [0.15, 0.2) is 0 Å². The molecule has 0 aromatic rings. The Kier molecular flexibility index (Phi) is 4.91. The summed E-state index contributed by atoms with van der Waals surface area (Å²) in [5.41, 5.74) is -0.523. The molecule has 1 fully saturated rings. The van der Waals surface area contributed by atoms with Crippen molar-refractivity contribution in [3.8, 4) is 0 Å². The molecule has 1 aliphatic rings. The molecule has 1 rings (SSSR count). The average molecular weight is 266 g/mol. The molecule has 102 valence electrons. The lowest BCUT2D eigenvalue weighted by molar-refractivity contribution is -0.0102. The smallest absolute Gasteiger partial charge is 0.282 e. The van der Waals surface area contributed by atoms with Crippen LogP contribution in [0.2, 0.25) is 0 Å². The molecular weight excluding hydrogens is 244 g/mol. The van der Waals surface area contributed by atoms with Crippen LogP contribution in [0.3, 0.4) is 0 Å². The van der Waals surface area contributed by atoms with Crippen molar-refractivity contribution >= 4 is 10.2 Å². The third-order valence-corrected chi connectivity index (χ3v) is 5.08. The summed E-state index contributed by atoms with van der Waals surface area (Å²) in [5.74, 6) is 0. The number of aliphatic hydroxyl groups excluding tert-OH is 1. The SMILES string of the molecule is CN(CCCO)S(=O)(=O)N1CCOCC1(C)C. The lowest BCUT2D eigenvalue weighted by Crippen LogP contribution is -2.58. The third-order valence-electron chi connectivity index (χ3n) is 2.87. The van der Waals surface area contributed by atoms with Gasteiger partial charge in [0.1, 0.15) is 0 Å². The molecule has 0 saturated carbocycles. The first-order valence-corrected chi connectivity index (χ1v) is 7.15. The van der Waals surface area contributed by atoms with E-state index in [2.05, 4.69) is 0 Å². The first-order valence-electron chi connectivity index (χ1n) is 5.75. The third kappa shape index (κ3) is 3.38. The monoisotopic (exact) mass is 266 g/mol. The fraction of sp³-hybridized carbons (Fsp3) is 1.00. The van der Waals surface area contributed by atoms with E-state index in [4.69, 9.17) is 9.84 Å². The van der Waals surface area contributed by atoms with Gasteiger partial charge < -0.3 is 9.84 Å². The Labute approximate surface area is 103 Å². The summed E-state index contributed by atoms with van der Waals surface area (Å²) >= 11 is 0. The van der Waals surface area contributed by atoms with Crippen molar-refractivity contribution in [3.63, 3.8) is 0 Å². The van der Waals surface area contributed by atoms with Crippen LogP contribution in [0.5, 0.6) is 0 Å². The van der Waals surface area contributed by atoms with Crippen LogP contribution in [-0.2, 0) is 14.9 Å². The van der Waals surface area contributed by atoms with Crippen molar-refractivity contribution in [2.45, 2.75) is 25.8 Å². The van der Waals surface area contributed by atoms with Crippen molar-refractivity contribution in [2.75, 3.05) is 40.0 Å². The fourth-order valence-corrected chi connectivity index (χ4v) is 3.53. The maximum Gasteiger partial charge on any atom is 0.282 e. The lowest BCUT2D eigenvalue weighted by atomic mass is 10.1. The summed E-state index contributed by atoms with van der Waals surface area (Å²) in [7, 11) is -1.93. The second kappa shape index (κ2) is 5.62. The Balaban J connectivity index is 2.81. The summed E-state index contributed by atoms with van der Waals surface area (Å²) in [6, 6.07) is 0. The van der Waals surface area contributed by atoms with Gasteiger partial charge in [-0.1, -0.05) is 0 Å². The van der Waals surface area contributed by atoms with Gasteiger partial charge in [0.2, 0.25) is 0 Å². The van der Waals surface area contributed by atoms with Crippen LogP contribution in [-0.4, -0.2) is 67.6 Å². The number of aliphatic hydroxyl groups is 1. The quantitative estimate of drug-likeness (QED) is 0.739. The topological polar surface area (TPSA) is 70.1 Å². The molecule has 1 N–H and O–H groups in total. The van der Waals surface area contributed by atoms with Crippen molar-refractivity contribution in [3.05, 3.63) is 0 Å². The summed E-state index contributed by atoms with van der Waals surface area (Å²) in [6.07, 6.45) is 0.445. The average Bonchev–Trinajstić information content (AvgIpc) is 2.24. The van der Waals surface area contributed by atoms with E-state index in [-0.39, 0.29) is 6.61 Å². The van der Waals surface area contributed by atoms with Crippen LogP contribution in [0.1, 0.15) is 20.3 Å². The van der Waals surface area contributed by atoms with Crippen molar-refractivity contribution in [2.24, 2.45) is 0 Å². The van der Waals surface area contributed by atoms with Gasteiger partial charge in [0, 0.05) is 26.7 Å². The largest absolute Gasteiger partial charge is 0.396 e. The zero-order chi connectivity index (χ0) is 13.1. The number of ether oxygens (including phenoxy) is 1. The van der Waals surface area contributed by atoms with E-state index >= 15 is 0 Å². The molecule has 0 unspecified atom stereocenters. The second-order valence-corrected chi connectivity index (χ2v) is 6.80. The molecule has 0 atom stereocenters. The summed E-state index contributed by atoms with van der Waals surface area (Å²) < 4.78 is 32.7. The lowest BCUT2D eigenvalue weighted by Gasteiger charge is -2.42. The molecular formula is C10H22N2O4S. The van der Waals surface area contributed by atoms with Crippen molar-refractivity contribution in [1.82, 2.24) is 8.61 Å². The number of hydrogen-bond donors (Lipinski definition) is 1. The van der Waals surface area contributed by atoms with Crippen LogP contribution >= 0.6 is 0 Å². The van der Waals surface area contributed by atoms with E-state index < -0.39 is 15.7 Å². The molecule has 0 radical (unpaired) electrons. The molecule has 0 amide bonds. The molecule has 0 spiro atoms. The van der Waals surface area contributed by atoms with Crippen LogP contribution < -0.4 is 0 Å². The van der Waals surface area contributed by atoms with Gasteiger partial charge >= 0.3 is 0 Å². The van der Waals surface area contributed by atoms with Crippen LogP contribution in [0.4, 0.5) is 0 Å². The molecule has 1 aliphatic heterocycles. The summed E-state index contributed by atoms with van der Waals surface area (Å²) in [4.78, 5) is 0. The molecule has 1 heterocycles. The van der Waals surface area contributed by atoms with Gasteiger partial charge in [-0.15, -0.1) is 0 Å². The van der Waals surface area contributed by atoms with E-state index in [0.717, 1.165) is 0 Å². The molecule has 7 heteroatoms. The summed E-state index contributed by atoms with van der Waals surface area (Å²) in [6.45, 7) is 5.22. The van der Waals surface area contributed by atoms with Gasteiger partial charge in [0.25, 0.3) is 10.2 Å². The Morgan fingerprint density at radius 3 is 2.65 bits per heavy atom. The summed E-state index contributed by atoms with van der Waals surface area (Å²) in [5, 5.41) is 8.74. The molecule has 6 nitrogen and oxygen atoms in total. The predicted molar refractivity (Wildman–Crippen MR) is 64.9 cm³/mol. The highest BCUT2D eigenvalue weighted by atomic mass is 32.2. The Hall–Kier alpha value is -0.210. The predicted octanol–water partition coefficient (Wildman–Crippen LogP) is -0.344. The maximum absolute atomic E-state index is 12.3. The standard InChI is InChI=1S/C10H22N2O4S/c1-10(2)9-16-8-6-12(10)17(14,15)11(3)5-4-7-13/h13H,4-9H2,1-3H3. The Morgan fingerprint density at radius 1 is 1.47 bits per heavy atom.